The molecule has 3 N–H and O–H groups in total. The van der Waals surface area contributed by atoms with Gasteiger partial charge in [-0.3, -0.25) is 4.79 Å². The second-order valence-corrected chi connectivity index (χ2v) is 4.80. The summed E-state index contributed by atoms with van der Waals surface area (Å²) in [7, 11) is 0. The standard InChI is InChI=1S/C14H19N3O2/c15-14(16-19)12-6-4-11(5-7-12)10-13(18)17-8-2-1-3-9-17/h4-7,19H,1-3,8-10H2,(H2,15,16). The fourth-order valence-electron chi connectivity index (χ4n) is 2.28. The molecule has 0 radical (unpaired) electrons. The molecule has 102 valence electrons. The van der Waals surface area contributed by atoms with Crippen LogP contribution in [0.3, 0.4) is 0 Å². The van der Waals surface area contributed by atoms with E-state index < -0.39 is 0 Å². The summed E-state index contributed by atoms with van der Waals surface area (Å²) in [6.07, 6.45) is 3.84. The Balaban J connectivity index is 1.97. The number of nitrogens with zero attached hydrogens (tertiary/aromatic N) is 2. The fourth-order valence-corrected chi connectivity index (χ4v) is 2.28. The molecule has 1 aromatic carbocycles. The molecule has 0 aliphatic carbocycles. The quantitative estimate of drug-likeness (QED) is 0.373. The SMILES string of the molecule is NC(=NO)c1ccc(CC(=O)N2CCCCC2)cc1. The number of nitrogens with two attached hydrogens (primary N) is 1. The molecular weight excluding hydrogens is 242 g/mol. The lowest BCUT2D eigenvalue weighted by Crippen LogP contribution is -2.36. The molecule has 1 fully saturated rings. The minimum Gasteiger partial charge on any atom is -0.409 e. The first-order valence-electron chi connectivity index (χ1n) is 6.55. The summed E-state index contributed by atoms with van der Waals surface area (Å²) in [4.78, 5) is 14.0. The van der Waals surface area contributed by atoms with E-state index in [-0.39, 0.29) is 11.7 Å². The Morgan fingerprint density at radius 1 is 1.21 bits per heavy atom. The second kappa shape index (κ2) is 6.22. The van der Waals surface area contributed by atoms with Gasteiger partial charge in [0.05, 0.1) is 6.42 Å². The van der Waals surface area contributed by atoms with Gasteiger partial charge in [0.1, 0.15) is 0 Å². The van der Waals surface area contributed by atoms with Crippen molar-refractivity contribution in [1.82, 2.24) is 4.90 Å². The first kappa shape index (κ1) is 13.4. The van der Waals surface area contributed by atoms with Crippen LogP contribution >= 0.6 is 0 Å². The first-order chi connectivity index (χ1) is 9.20. The molecule has 0 atom stereocenters. The van der Waals surface area contributed by atoms with Crippen LogP contribution in [0.5, 0.6) is 0 Å². The summed E-state index contributed by atoms with van der Waals surface area (Å²) in [5.74, 6) is 0.255. The molecular formula is C14H19N3O2. The highest BCUT2D eigenvalue weighted by Crippen LogP contribution is 2.12. The van der Waals surface area contributed by atoms with Crippen molar-refractivity contribution in [2.45, 2.75) is 25.7 Å². The van der Waals surface area contributed by atoms with Crippen LogP contribution in [0.4, 0.5) is 0 Å². The van der Waals surface area contributed by atoms with Gasteiger partial charge in [-0.1, -0.05) is 29.4 Å². The molecule has 2 rings (SSSR count). The van der Waals surface area contributed by atoms with Crippen LogP contribution in [0.2, 0.25) is 0 Å². The van der Waals surface area contributed by atoms with E-state index in [9.17, 15) is 4.79 Å². The lowest BCUT2D eigenvalue weighted by molar-refractivity contribution is -0.131. The number of amidine groups is 1. The molecule has 5 heteroatoms. The largest absolute Gasteiger partial charge is 0.409 e. The highest BCUT2D eigenvalue weighted by Gasteiger charge is 2.16. The minimum atomic E-state index is 0.0777. The third-order valence-corrected chi connectivity index (χ3v) is 3.42. The zero-order chi connectivity index (χ0) is 13.7. The maximum atomic E-state index is 12.1. The Labute approximate surface area is 112 Å². The van der Waals surface area contributed by atoms with Crippen molar-refractivity contribution in [2.24, 2.45) is 10.9 Å². The van der Waals surface area contributed by atoms with Crippen molar-refractivity contribution in [3.05, 3.63) is 35.4 Å². The molecule has 1 aromatic rings. The lowest BCUT2D eigenvalue weighted by Gasteiger charge is -2.26. The van der Waals surface area contributed by atoms with Crippen molar-refractivity contribution in [3.8, 4) is 0 Å². The normalized spacial score (nSPS) is 16.4. The molecule has 0 unspecified atom stereocenters. The Morgan fingerprint density at radius 2 is 1.84 bits per heavy atom. The summed E-state index contributed by atoms with van der Waals surface area (Å²) >= 11 is 0. The van der Waals surface area contributed by atoms with E-state index in [1.807, 2.05) is 17.0 Å². The number of amides is 1. The highest BCUT2D eigenvalue weighted by atomic mass is 16.4. The zero-order valence-corrected chi connectivity index (χ0v) is 10.9. The molecule has 0 saturated carbocycles. The van der Waals surface area contributed by atoms with Crippen LogP contribution in [0.15, 0.2) is 29.4 Å². The van der Waals surface area contributed by atoms with Crippen molar-refractivity contribution >= 4 is 11.7 Å². The van der Waals surface area contributed by atoms with Crippen LogP contribution in [-0.4, -0.2) is 34.9 Å². The maximum absolute atomic E-state index is 12.1. The van der Waals surface area contributed by atoms with Crippen LogP contribution < -0.4 is 5.73 Å². The molecule has 1 aliphatic rings. The van der Waals surface area contributed by atoms with Gasteiger partial charge in [0.15, 0.2) is 5.84 Å². The topological polar surface area (TPSA) is 78.9 Å². The van der Waals surface area contributed by atoms with E-state index in [4.69, 9.17) is 10.9 Å². The van der Waals surface area contributed by atoms with E-state index in [0.29, 0.717) is 12.0 Å². The van der Waals surface area contributed by atoms with E-state index >= 15 is 0 Å². The summed E-state index contributed by atoms with van der Waals surface area (Å²) in [6.45, 7) is 1.75. The zero-order valence-electron chi connectivity index (χ0n) is 10.9. The lowest BCUT2D eigenvalue weighted by atomic mass is 10.1. The van der Waals surface area contributed by atoms with Crippen LogP contribution in [-0.2, 0) is 11.2 Å². The van der Waals surface area contributed by atoms with Crippen LogP contribution in [0, 0.1) is 0 Å². The number of oxime groups is 1. The molecule has 0 spiro atoms. The molecule has 1 saturated heterocycles. The third kappa shape index (κ3) is 3.47. The number of benzene rings is 1. The molecule has 5 nitrogen and oxygen atoms in total. The number of hydrogen-bond donors (Lipinski definition) is 2. The van der Waals surface area contributed by atoms with Gasteiger partial charge in [-0.25, -0.2) is 0 Å². The van der Waals surface area contributed by atoms with Gasteiger partial charge in [-0.05, 0) is 24.8 Å². The van der Waals surface area contributed by atoms with E-state index in [2.05, 4.69) is 5.16 Å². The Bertz CT molecular complexity index is 462. The van der Waals surface area contributed by atoms with Gasteiger partial charge in [-0.2, -0.15) is 0 Å². The van der Waals surface area contributed by atoms with E-state index in [0.717, 1.165) is 31.5 Å². The van der Waals surface area contributed by atoms with Gasteiger partial charge in [0, 0.05) is 18.7 Å². The van der Waals surface area contributed by atoms with Crippen molar-refractivity contribution in [2.75, 3.05) is 13.1 Å². The van der Waals surface area contributed by atoms with Gasteiger partial charge in [0.25, 0.3) is 0 Å². The minimum absolute atomic E-state index is 0.0777. The molecule has 1 aliphatic heterocycles. The summed E-state index contributed by atoms with van der Waals surface area (Å²) in [5, 5.41) is 11.5. The predicted molar refractivity (Wildman–Crippen MR) is 73.1 cm³/mol. The van der Waals surface area contributed by atoms with E-state index in [1.165, 1.54) is 6.42 Å². The second-order valence-electron chi connectivity index (χ2n) is 4.80. The van der Waals surface area contributed by atoms with Crippen molar-refractivity contribution in [3.63, 3.8) is 0 Å². The number of piperidine rings is 1. The number of hydrogen-bond acceptors (Lipinski definition) is 3. The smallest absolute Gasteiger partial charge is 0.226 e. The fraction of sp³-hybridized carbons (Fsp3) is 0.429. The number of carbonyl (C=O) groups excluding carboxylic acids is 1. The van der Waals surface area contributed by atoms with Crippen LogP contribution in [0.25, 0.3) is 0 Å². The Morgan fingerprint density at radius 3 is 2.42 bits per heavy atom. The summed E-state index contributed by atoms with van der Waals surface area (Å²) in [5.41, 5.74) is 7.09. The Kier molecular flexibility index (Phi) is 4.39. The predicted octanol–water partition coefficient (Wildman–Crippen LogP) is 1.34. The summed E-state index contributed by atoms with van der Waals surface area (Å²) in [6, 6.07) is 7.20. The van der Waals surface area contributed by atoms with Crippen molar-refractivity contribution in [1.29, 1.82) is 0 Å². The van der Waals surface area contributed by atoms with Gasteiger partial charge in [-0.15, -0.1) is 0 Å². The molecule has 19 heavy (non-hydrogen) atoms. The van der Waals surface area contributed by atoms with E-state index in [1.54, 1.807) is 12.1 Å². The third-order valence-electron chi connectivity index (χ3n) is 3.42. The van der Waals surface area contributed by atoms with Gasteiger partial charge < -0.3 is 15.8 Å². The first-order valence-corrected chi connectivity index (χ1v) is 6.55. The van der Waals surface area contributed by atoms with Gasteiger partial charge in [0.2, 0.25) is 5.91 Å². The average molecular weight is 261 g/mol. The highest BCUT2D eigenvalue weighted by molar-refractivity contribution is 5.97. The average Bonchev–Trinajstić information content (AvgIpc) is 2.48. The monoisotopic (exact) mass is 261 g/mol. The molecule has 1 amide bonds. The molecule has 0 bridgehead atoms. The van der Waals surface area contributed by atoms with Crippen molar-refractivity contribution < 1.29 is 10.0 Å². The maximum Gasteiger partial charge on any atom is 0.226 e. The summed E-state index contributed by atoms with van der Waals surface area (Å²) < 4.78 is 0. The Hall–Kier alpha value is -2.04. The molecule has 0 aromatic heterocycles. The number of rotatable bonds is 3. The van der Waals surface area contributed by atoms with Gasteiger partial charge >= 0.3 is 0 Å². The molecule has 1 heterocycles. The number of carbonyl (C=O) groups is 1. The number of likely N-dealkylation sites (tertiary alicyclic amines) is 1. The van der Waals surface area contributed by atoms with Crippen LogP contribution in [0.1, 0.15) is 30.4 Å².